The molecule has 0 spiro atoms. The molecule has 3 aliphatic rings. The molecule has 0 bridgehead atoms. The molecule has 2 aromatic carbocycles. The predicted molar refractivity (Wildman–Crippen MR) is 164 cm³/mol. The summed E-state index contributed by atoms with van der Waals surface area (Å²) in [6.45, 7) is 9.12. The molecule has 4 heterocycles. The number of methoxy groups -OCH3 is 1. The van der Waals surface area contributed by atoms with Gasteiger partial charge in [-0.15, -0.1) is 0 Å². The molecule has 3 aromatic rings. The zero-order chi connectivity index (χ0) is 28.3. The fourth-order valence-corrected chi connectivity index (χ4v) is 6.23. The second-order valence-corrected chi connectivity index (χ2v) is 11.8. The van der Waals surface area contributed by atoms with Gasteiger partial charge in [0.2, 0.25) is 5.95 Å². The van der Waals surface area contributed by atoms with Crippen LogP contribution in [0.4, 0.5) is 23.1 Å². The van der Waals surface area contributed by atoms with E-state index >= 15 is 0 Å². The highest BCUT2D eigenvalue weighted by molar-refractivity contribution is 9.10. The van der Waals surface area contributed by atoms with Gasteiger partial charge in [-0.3, -0.25) is 4.90 Å². The fraction of sp³-hybridized carbons (Fsp3) is 0.467. The lowest BCUT2D eigenvalue weighted by Crippen LogP contribution is -2.52. The SMILES string of the molecule is COc1cc(N2CCC(N3CCN(C)CC3)CC2)c(C)cc1Nc1ncc(Br)c(NC2OCOc3ccccc32)n1. The maximum atomic E-state index is 5.83. The number of hydrogen-bond acceptors (Lipinski definition) is 10. The predicted octanol–water partition coefficient (Wildman–Crippen LogP) is 4.99. The van der Waals surface area contributed by atoms with Gasteiger partial charge in [-0.25, -0.2) is 4.98 Å². The minimum Gasteiger partial charge on any atom is -0.494 e. The van der Waals surface area contributed by atoms with Gasteiger partial charge in [0.05, 0.1) is 17.3 Å². The Balaban J connectivity index is 1.15. The number of halogens is 1. The van der Waals surface area contributed by atoms with Crippen LogP contribution in [0.25, 0.3) is 0 Å². The summed E-state index contributed by atoms with van der Waals surface area (Å²) >= 11 is 3.57. The Bertz CT molecular complexity index is 1360. The minimum absolute atomic E-state index is 0.166. The van der Waals surface area contributed by atoms with Crippen LogP contribution in [0.15, 0.2) is 47.1 Å². The van der Waals surface area contributed by atoms with Crippen molar-refractivity contribution in [1.29, 1.82) is 0 Å². The number of piperazine rings is 1. The molecule has 0 aliphatic carbocycles. The summed E-state index contributed by atoms with van der Waals surface area (Å²) in [6.07, 6.45) is 3.71. The van der Waals surface area contributed by atoms with Crippen LogP contribution in [0.2, 0.25) is 0 Å². The number of nitrogens with zero attached hydrogens (tertiary/aromatic N) is 5. The van der Waals surface area contributed by atoms with E-state index in [1.54, 1.807) is 13.3 Å². The van der Waals surface area contributed by atoms with E-state index in [4.69, 9.17) is 19.2 Å². The number of benzene rings is 2. The van der Waals surface area contributed by atoms with E-state index in [-0.39, 0.29) is 6.79 Å². The average molecular weight is 625 g/mol. The molecular weight excluding hydrogens is 586 g/mol. The standard InChI is InChI=1S/C30H38BrN7O3/c1-20-16-24(27(39-3)17-25(20)38-10-8-21(9-11-38)37-14-12-36(2)13-15-37)33-30-32-18-23(31)28(35-30)34-29-22-6-4-5-7-26(22)40-19-41-29/h4-7,16-18,21,29H,8-15,19H2,1-3H3,(H2,32,33,34,35). The number of nitrogens with one attached hydrogen (secondary N) is 2. The van der Waals surface area contributed by atoms with E-state index < -0.39 is 6.23 Å². The van der Waals surface area contributed by atoms with E-state index in [2.05, 4.69) is 72.4 Å². The third-order valence-electron chi connectivity index (χ3n) is 8.29. The van der Waals surface area contributed by atoms with Crippen molar-refractivity contribution in [2.24, 2.45) is 0 Å². The second kappa shape index (κ2) is 12.4. The zero-order valence-electron chi connectivity index (χ0n) is 23.9. The maximum absolute atomic E-state index is 5.83. The zero-order valence-corrected chi connectivity index (χ0v) is 25.5. The molecule has 3 aliphatic heterocycles. The third-order valence-corrected chi connectivity index (χ3v) is 8.87. The van der Waals surface area contributed by atoms with E-state index in [1.807, 2.05) is 24.3 Å². The molecule has 0 radical (unpaired) electrons. The maximum Gasteiger partial charge on any atom is 0.229 e. The third kappa shape index (κ3) is 6.23. The molecule has 1 unspecified atom stereocenters. The van der Waals surface area contributed by atoms with Crippen molar-refractivity contribution in [3.63, 3.8) is 0 Å². The van der Waals surface area contributed by atoms with Gasteiger partial charge in [0.25, 0.3) is 0 Å². The first-order valence-corrected chi connectivity index (χ1v) is 15.0. The quantitative estimate of drug-likeness (QED) is 0.375. The first-order chi connectivity index (χ1) is 20.0. The number of anilines is 4. The molecule has 11 heteroatoms. The normalized spacial score (nSPS) is 20.3. The van der Waals surface area contributed by atoms with Crippen LogP contribution < -0.4 is 25.0 Å². The molecular formula is C30H38BrN7O3. The van der Waals surface area contributed by atoms with E-state index in [0.717, 1.165) is 40.3 Å². The first kappa shape index (κ1) is 28.0. The van der Waals surface area contributed by atoms with Crippen LogP contribution in [0.1, 0.15) is 30.2 Å². The van der Waals surface area contributed by atoms with Crippen LogP contribution in [0, 0.1) is 6.92 Å². The van der Waals surface area contributed by atoms with Crippen molar-refractivity contribution in [3.8, 4) is 11.5 Å². The summed E-state index contributed by atoms with van der Waals surface area (Å²) in [4.78, 5) is 16.8. The summed E-state index contributed by atoms with van der Waals surface area (Å²) in [5.41, 5.74) is 4.15. The highest BCUT2D eigenvalue weighted by Gasteiger charge is 2.28. The molecule has 1 atom stereocenters. The number of piperidine rings is 1. The highest BCUT2D eigenvalue weighted by Crippen LogP contribution is 2.37. The monoisotopic (exact) mass is 623 g/mol. The number of aryl methyl sites for hydroxylation is 1. The fourth-order valence-electron chi connectivity index (χ4n) is 5.92. The number of aromatic nitrogens is 2. The Morgan fingerprint density at radius 3 is 2.61 bits per heavy atom. The molecule has 41 heavy (non-hydrogen) atoms. The summed E-state index contributed by atoms with van der Waals surface area (Å²) in [5, 5.41) is 6.74. The lowest BCUT2D eigenvalue weighted by molar-refractivity contribution is -0.0472. The van der Waals surface area contributed by atoms with Gasteiger partial charge in [0.15, 0.2) is 13.0 Å². The Kier molecular flexibility index (Phi) is 8.47. The number of hydrogen-bond donors (Lipinski definition) is 2. The molecule has 10 nitrogen and oxygen atoms in total. The van der Waals surface area contributed by atoms with Gasteiger partial charge < -0.3 is 34.6 Å². The Hall–Kier alpha value is -3.12. The van der Waals surface area contributed by atoms with Crippen molar-refractivity contribution >= 4 is 39.1 Å². The molecule has 0 saturated carbocycles. The summed E-state index contributed by atoms with van der Waals surface area (Å²) < 4.78 is 18.0. The molecule has 2 N–H and O–H groups in total. The summed E-state index contributed by atoms with van der Waals surface area (Å²) in [5.74, 6) is 2.62. The van der Waals surface area contributed by atoms with Crippen LogP contribution in [-0.2, 0) is 4.74 Å². The Morgan fingerprint density at radius 1 is 1.05 bits per heavy atom. The number of likely N-dealkylation sites (N-methyl/N-ethyl adjacent to an activating group) is 1. The van der Waals surface area contributed by atoms with Gasteiger partial charge in [0.1, 0.15) is 17.3 Å². The van der Waals surface area contributed by atoms with Crippen molar-refractivity contribution in [2.75, 3.05) is 75.8 Å². The van der Waals surface area contributed by atoms with E-state index in [1.165, 1.54) is 50.3 Å². The van der Waals surface area contributed by atoms with Gasteiger partial charge in [-0.05, 0) is 60.4 Å². The van der Waals surface area contributed by atoms with Crippen LogP contribution >= 0.6 is 15.9 Å². The smallest absolute Gasteiger partial charge is 0.229 e. The largest absolute Gasteiger partial charge is 0.494 e. The first-order valence-electron chi connectivity index (χ1n) is 14.2. The van der Waals surface area contributed by atoms with E-state index in [9.17, 15) is 0 Å². The van der Waals surface area contributed by atoms with Gasteiger partial charge in [0, 0.05) is 68.8 Å². The van der Waals surface area contributed by atoms with Crippen molar-refractivity contribution in [2.45, 2.75) is 32.0 Å². The minimum atomic E-state index is -0.393. The lowest BCUT2D eigenvalue weighted by atomic mass is 10.0. The van der Waals surface area contributed by atoms with Crippen molar-refractivity contribution < 1.29 is 14.2 Å². The molecule has 2 fully saturated rings. The van der Waals surface area contributed by atoms with Crippen molar-refractivity contribution in [3.05, 3.63) is 58.2 Å². The average Bonchev–Trinajstić information content (AvgIpc) is 3.00. The molecule has 0 amide bonds. The topological polar surface area (TPSA) is 87.3 Å². The molecule has 2 saturated heterocycles. The van der Waals surface area contributed by atoms with Crippen LogP contribution in [-0.4, -0.2) is 86.0 Å². The van der Waals surface area contributed by atoms with Crippen molar-refractivity contribution in [1.82, 2.24) is 19.8 Å². The molecule has 218 valence electrons. The van der Waals surface area contributed by atoms with Gasteiger partial charge >= 0.3 is 0 Å². The molecule has 1 aromatic heterocycles. The Morgan fingerprint density at radius 2 is 1.83 bits per heavy atom. The Labute approximate surface area is 250 Å². The summed E-state index contributed by atoms with van der Waals surface area (Å²) in [6, 6.07) is 12.8. The summed E-state index contributed by atoms with van der Waals surface area (Å²) in [7, 11) is 3.92. The van der Waals surface area contributed by atoms with Crippen LogP contribution in [0.3, 0.4) is 0 Å². The van der Waals surface area contributed by atoms with Gasteiger partial charge in [-0.1, -0.05) is 18.2 Å². The van der Waals surface area contributed by atoms with Gasteiger partial charge in [-0.2, -0.15) is 4.98 Å². The number of fused-ring (bicyclic) bond motifs is 1. The lowest BCUT2D eigenvalue weighted by Gasteiger charge is -2.43. The van der Waals surface area contributed by atoms with E-state index in [0.29, 0.717) is 17.8 Å². The number of ether oxygens (including phenoxy) is 3. The number of para-hydroxylation sites is 1. The highest BCUT2D eigenvalue weighted by atomic mass is 79.9. The molecule has 6 rings (SSSR count). The second-order valence-electron chi connectivity index (χ2n) is 10.9. The van der Waals surface area contributed by atoms with Crippen LogP contribution in [0.5, 0.6) is 11.5 Å². The number of rotatable bonds is 7.